The Hall–Kier alpha value is -0.740. The second-order valence-electron chi connectivity index (χ2n) is 8.15. The summed E-state index contributed by atoms with van der Waals surface area (Å²) in [5.74, 6) is 1.63. The van der Waals surface area contributed by atoms with Crippen LogP contribution in [0.4, 0.5) is 0 Å². The van der Waals surface area contributed by atoms with Gasteiger partial charge in [0.15, 0.2) is 11.5 Å². The Morgan fingerprint density at radius 2 is 1.62 bits per heavy atom. The molecule has 0 bridgehead atoms. The van der Waals surface area contributed by atoms with Gasteiger partial charge < -0.3 is 14.8 Å². The number of halogens is 1. The monoisotopic (exact) mass is 399 g/mol. The maximum absolute atomic E-state index is 5.81. The van der Waals surface area contributed by atoms with Crippen molar-refractivity contribution in [3.8, 4) is 11.5 Å². The van der Waals surface area contributed by atoms with Gasteiger partial charge in [-0.2, -0.15) is 0 Å². The second kappa shape index (κ2) is 9.10. The van der Waals surface area contributed by atoms with E-state index in [2.05, 4.69) is 68.9 Å². The highest BCUT2D eigenvalue weighted by Crippen LogP contribution is 2.34. The van der Waals surface area contributed by atoms with Crippen molar-refractivity contribution in [2.75, 3.05) is 13.2 Å². The van der Waals surface area contributed by atoms with Crippen molar-refractivity contribution in [3.63, 3.8) is 0 Å². The molecule has 0 radical (unpaired) electrons. The van der Waals surface area contributed by atoms with Crippen LogP contribution in [0.15, 0.2) is 16.6 Å². The lowest BCUT2D eigenvalue weighted by molar-refractivity contribution is 0.240. The van der Waals surface area contributed by atoms with Crippen molar-refractivity contribution >= 4 is 15.9 Å². The minimum atomic E-state index is 0.0703. The van der Waals surface area contributed by atoms with Crippen molar-refractivity contribution in [2.45, 2.75) is 73.4 Å². The molecule has 1 aromatic rings. The number of hydrogen-bond acceptors (Lipinski definition) is 3. The van der Waals surface area contributed by atoms with Crippen LogP contribution in [0, 0.1) is 5.41 Å². The number of nitrogens with one attached hydrogen (secondary N) is 1. The van der Waals surface area contributed by atoms with E-state index in [1.54, 1.807) is 0 Å². The van der Waals surface area contributed by atoms with Gasteiger partial charge in [0, 0.05) is 16.6 Å². The molecule has 138 valence electrons. The van der Waals surface area contributed by atoms with Crippen molar-refractivity contribution in [1.82, 2.24) is 5.32 Å². The lowest BCUT2D eigenvalue weighted by Crippen LogP contribution is -2.41. The van der Waals surface area contributed by atoms with Gasteiger partial charge in [0.25, 0.3) is 0 Å². The van der Waals surface area contributed by atoms with Crippen LogP contribution in [-0.4, -0.2) is 18.8 Å². The quantitative estimate of drug-likeness (QED) is 0.556. The molecule has 0 saturated carbocycles. The van der Waals surface area contributed by atoms with Crippen LogP contribution >= 0.6 is 15.9 Å². The largest absolute Gasteiger partial charge is 0.490 e. The standard InChI is InChI=1S/C20H34BrNO2/c1-8-10-24-18-12-16(21)15(11-17(18)23-9-2)13-22-20(6,7)14-19(3,4)5/h11-12,22H,8-10,13-14H2,1-7H3. The van der Waals surface area contributed by atoms with Gasteiger partial charge in [0.05, 0.1) is 13.2 Å². The van der Waals surface area contributed by atoms with Crippen LogP contribution < -0.4 is 14.8 Å². The van der Waals surface area contributed by atoms with Gasteiger partial charge in [0.2, 0.25) is 0 Å². The Balaban J connectivity index is 2.89. The second-order valence-corrected chi connectivity index (χ2v) is 9.00. The highest BCUT2D eigenvalue weighted by atomic mass is 79.9. The minimum absolute atomic E-state index is 0.0703. The third kappa shape index (κ3) is 7.43. The zero-order valence-corrected chi connectivity index (χ0v) is 18.0. The Morgan fingerprint density at radius 3 is 2.17 bits per heavy atom. The van der Waals surface area contributed by atoms with E-state index < -0.39 is 0 Å². The lowest BCUT2D eigenvalue weighted by Gasteiger charge is -2.33. The molecule has 0 aromatic heterocycles. The van der Waals surface area contributed by atoms with Gasteiger partial charge in [-0.05, 0) is 56.7 Å². The normalized spacial score (nSPS) is 12.3. The Kier molecular flexibility index (Phi) is 8.07. The summed E-state index contributed by atoms with van der Waals surface area (Å²) in [6, 6.07) is 4.10. The summed E-state index contributed by atoms with van der Waals surface area (Å²) in [5.41, 5.74) is 1.55. The Bertz CT molecular complexity index is 521. The summed E-state index contributed by atoms with van der Waals surface area (Å²) in [7, 11) is 0. The van der Waals surface area contributed by atoms with Crippen LogP contribution in [0.25, 0.3) is 0 Å². The molecule has 0 spiro atoms. The third-order valence-corrected chi connectivity index (χ3v) is 4.34. The summed E-state index contributed by atoms with van der Waals surface area (Å²) in [6.45, 7) is 17.6. The molecule has 0 amide bonds. The summed E-state index contributed by atoms with van der Waals surface area (Å²) >= 11 is 3.68. The van der Waals surface area contributed by atoms with E-state index in [0.29, 0.717) is 18.6 Å². The molecule has 0 aliphatic rings. The number of rotatable bonds is 9. The fraction of sp³-hybridized carbons (Fsp3) is 0.700. The molecule has 0 saturated heterocycles. The SMILES string of the molecule is CCCOc1cc(Br)c(CNC(C)(C)CC(C)(C)C)cc1OCC. The average molecular weight is 400 g/mol. The van der Waals surface area contributed by atoms with Crippen molar-refractivity contribution < 1.29 is 9.47 Å². The summed E-state index contributed by atoms with van der Waals surface area (Å²) in [4.78, 5) is 0. The van der Waals surface area contributed by atoms with E-state index in [9.17, 15) is 0 Å². The molecule has 0 fully saturated rings. The van der Waals surface area contributed by atoms with E-state index in [1.807, 2.05) is 13.0 Å². The zero-order chi connectivity index (χ0) is 18.4. The maximum Gasteiger partial charge on any atom is 0.162 e. The third-order valence-electron chi connectivity index (χ3n) is 3.60. The van der Waals surface area contributed by atoms with Gasteiger partial charge in [-0.25, -0.2) is 0 Å². The van der Waals surface area contributed by atoms with E-state index >= 15 is 0 Å². The Morgan fingerprint density at radius 1 is 1.00 bits per heavy atom. The van der Waals surface area contributed by atoms with Crippen molar-refractivity contribution in [2.24, 2.45) is 5.41 Å². The molecule has 3 nitrogen and oxygen atoms in total. The van der Waals surface area contributed by atoms with E-state index in [4.69, 9.17) is 9.47 Å². The van der Waals surface area contributed by atoms with Crippen LogP contribution in [0.1, 0.15) is 66.9 Å². The molecule has 0 unspecified atom stereocenters. The molecule has 0 atom stereocenters. The molecule has 0 aliphatic heterocycles. The molecule has 0 aliphatic carbocycles. The van der Waals surface area contributed by atoms with Gasteiger partial charge in [0.1, 0.15) is 0 Å². The highest BCUT2D eigenvalue weighted by molar-refractivity contribution is 9.10. The van der Waals surface area contributed by atoms with E-state index in [-0.39, 0.29) is 5.54 Å². The summed E-state index contributed by atoms with van der Waals surface area (Å²) < 4.78 is 12.6. The van der Waals surface area contributed by atoms with Crippen molar-refractivity contribution in [1.29, 1.82) is 0 Å². The first-order valence-electron chi connectivity index (χ1n) is 8.91. The fourth-order valence-electron chi connectivity index (χ4n) is 3.03. The summed E-state index contributed by atoms with van der Waals surface area (Å²) in [5, 5.41) is 3.68. The molecule has 4 heteroatoms. The molecule has 1 rings (SSSR count). The summed E-state index contributed by atoms with van der Waals surface area (Å²) in [6.07, 6.45) is 2.08. The number of hydrogen-bond donors (Lipinski definition) is 1. The molecular weight excluding hydrogens is 366 g/mol. The predicted molar refractivity (Wildman–Crippen MR) is 106 cm³/mol. The van der Waals surface area contributed by atoms with Crippen LogP contribution in [0.2, 0.25) is 0 Å². The molecular formula is C20H34BrNO2. The maximum atomic E-state index is 5.81. The van der Waals surface area contributed by atoms with Crippen LogP contribution in [0.3, 0.4) is 0 Å². The molecule has 24 heavy (non-hydrogen) atoms. The first kappa shape index (κ1) is 21.3. The zero-order valence-electron chi connectivity index (χ0n) is 16.4. The first-order valence-corrected chi connectivity index (χ1v) is 9.70. The van der Waals surface area contributed by atoms with E-state index in [1.165, 1.54) is 5.56 Å². The van der Waals surface area contributed by atoms with Gasteiger partial charge in [-0.15, -0.1) is 0 Å². The first-order chi connectivity index (χ1) is 11.1. The van der Waals surface area contributed by atoms with Crippen LogP contribution in [0.5, 0.6) is 11.5 Å². The molecule has 0 heterocycles. The smallest absolute Gasteiger partial charge is 0.162 e. The minimum Gasteiger partial charge on any atom is -0.490 e. The van der Waals surface area contributed by atoms with Gasteiger partial charge in [-0.3, -0.25) is 0 Å². The predicted octanol–water partition coefficient (Wildman–Crippen LogP) is 5.94. The lowest BCUT2D eigenvalue weighted by atomic mass is 9.82. The van der Waals surface area contributed by atoms with Gasteiger partial charge >= 0.3 is 0 Å². The average Bonchev–Trinajstić information content (AvgIpc) is 2.43. The van der Waals surface area contributed by atoms with Gasteiger partial charge in [-0.1, -0.05) is 43.6 Å². The van der Waals surface area contributed by atoms with Crippen molar-refractivity contribution in [3.05, 3.63) is 22.2 Å². The van der Waals surface area contributed by atoms with E-state index in [0.717, 1.165) is 35.4 Å². The number of ether oxygens (including phenoxy) is 2. The highest BCUT2D eigenvalue weighted by Gasteiger charge is 2.25. The van der Waals surface area contributed by atoms with Crippen LogP contribution in [-0.2, 0) is 6.54 Å². The molecule has 1 N–H and O–H groups in total. The topological polar surface area (TPSA) is 30.5 Å². The molecule has 1 aromatic carbocycles. The number of benzene rings is 1. The fourth-order valence-corrected chi connectivity index (χ4v) is 3.49. The Labute approximate surface area is 156 Å².